The zero-order valence-electron chi connectivity index (χ0n) is 18.8. The molecule has 2 heterocycles. The van der Waals surface area contributed by atoms with Crippen LogP contribution in [0.3, 0.4) is 0 Å². The molecular formula is C27H28N4S2. The SMILES string of the molecule is Cc1cc(SCc2ccc(C3=NCCN3)cc2)cc(SCc2ccc(C3=NCCN3)cc2)c1. The minimum Gasteiger partial charge on any atom is -0.368 e. The van der Waals surface area contributed by atoms with Gasteiger partial charge in [-0.2, -0.15) is 0 Å². The molecule has 4 nitrogen and oxygen atoms in total. The maximum Gasteiger partial charge on any atom is 0.128 e. The van der Waals surface area contributed by atoms with Crippen LogP contribution in [0.15, 0.2) is 86.5 Å². The van der Waals surface area contributed by atoms with E-state index in [1.54, 1.807) is 0 Å². The molecule has 0 aromatic heterocycles. The Balaban J connectivity index is 1.17. The number of benzene rings is 3. The number of hydrogen-bond donors (Lipinski definition) is 2. The van der Waals surface area contributed by atoms with Crippen LogP contribution >= 0.6 is 23.5 Å². The number of thioether (sulfide) groups is 2. The molecule has 2 aliphatic rings. The molecule has 5 rings (SSSR count). The highest BCUT2D eigenvalue weighted by Crippen LogP contribution is 2.31. The van der Waals surface area contributed by atoms with E-state index in [4.69, 9.17) is 0 Å². The smallest absolute Gasteiger partial charge is 0.128 e. The van der Waals surface area contributed by atoms with Crippen molar-refractivity contribution in [1.82, 2.24) is 10.6 Å². The lowest BCUT2D eigenvalue weighted by Gasteiger charge is -2.09. The molecule has 0 unspecified atom stereocenters. The molecule has 2 aliphatic heterocycles. The van der Waals surface area contributed by atoms with Gasteiger partial charge >= 0.3 is 0 Å². The first kappa shape index (κ1) is 22.1. The fraction of sp³-hybridized carbons (Fsp3) is 0.259. The number of hydrogen-bond acceptors (Lipinski definition) is 6. The molecule has 0 fully saturated rings. The van der Waals surface area contributed by atoms with E-state index < -0.39 is 0 Å². The maximum absolute atomic E-state index is 4.50. The monoisotopic (exact) mass is 472 g/mol. The third-order valence-electron chi connectivity index (χ3n) is 5.64. The van der Waals surface area contributed by atoms with Crippen LogP contribution in [0.2, 0.25) is 0 Å². The topological polar surface area (TPSA) is 48.8 Å². The second kappa shape index (κ2) is 10.5. The Morgan fingerprint density at radius 3 is 1.52 bits per heavy atom. The number of aryl methyl sites for hydroxylation is 1. The van der Waals surface area contributed by atoms with Crippen molar-refractivity contribution in [2.75, 3.05) is 26.2 Å². The van der Waals surface area contributed by atoms with Crippen LogP contribution in [0.5, 0.6) is 0 Å². The summed E-state index contributed by atoms with van der Waals surface area (Å²) < 4.78 is 0. The summed E-state index contributed by atoms with van der Waals surface area (Å²) in [4.78, 5) is 11.6. The van der Waals surface area contributed by atoms with Gasteiger partial charge in [0.15, 0.2) is 0 Å². The molecule has 168 valence electrons. The third-order valence-corrected chi connectivity index (χ3v) is 7.73. The molecule has 0 aliphatic carbocycles. The number of nitrogens with zero attached hydrogens (tertiary/aromatic N) is 2. The molecule has 0 saturated carbocycles. The van der Waals surface area contributed by atoms with Crippen molar-refractivity contribution in [3.05, 3.63) is 94.5 Å². The largest absolute Gasteiger partial charge is 0.368 e. The van der Waals surface area contributed by atoms with Gasteiger partial charge in [-0.05, 0) is 41.8 Å². The normalized spacial score (nSPS) is 15.1. The highest BCUT2D eigenvalue weighted by Gasteiger charge is 2.09. The third kappa shape index (κ3) is 5.81. The lowest BCUT2D eigenvalue weighted by molar-refractivity contribution is 0.960. The molecule has 0 saturated heterocycles. The van der Waals surface area contributed by atoms with Crippen LogP contribution in [0.1, 0.15) is 27.8 Å². The lowest BCUT2D eigenvalue weighted by Crippen LogP contribution is -2.19. The van der Waals surface area contributed by atoms with E-state index in [-0.39, 0.29) is 0 Å². The number of rotatable bonds is 8. The van der Waals surface area contributed by atoms with Crippen molar-refractivity contribution in [2.45, 2.75) is 28.2 Å². The molecule has 0 radical (unpaired) electrons. The molecule has 33 heavy (non-hydrogen) atoms. The Labute approximate surface area is 204 Å². The van der Waals surface area contributed by atoms with Crippen LogP contribution in [0.25, 0.3) is 0 Å². The summed E-state index contributed by atoms with van der Waals surface area (Å²) in [5.74, 6) is 3.97. The van der Waals surface area contributed by atoms with Gasteiger partial charge in [-0.1, -0.05) is 48.5 Å². The molecule has 0 bridgehead atoms. The summed E-state index contributed by atoms with van der Waals surface area (Å²) in [6.45, 7) is 5.82. The predicted molar refractivity (Wildman–Crippen MR) is 142 cm³/mol. The summed E-state index contributed by atoms with van der Waals surface area (Å²) in [5, 5.41) is 6.67. The van der Waals surface area contributed by atoms with Crippen molar-refractivity contribution < 1.29 is 0 Å². The molecule has 0 amide bonds. The molecule has 3 aromatic carbocycles. The molecule has 0 spiro atoms. The van der Waals surface area contributed by atoms with Gasteiger partial charge in [0, 0.05) is 45.5 Å². The second-order valence-corrected chi connectivity index (χ2v) is 10.4. The quantitative estimate of drug-likeness (QED) is 0.438. The molecule has 0 atom stereocenters. The molecular weight excluding hydrogens is 444 g/mol. The Hall–Kier alpha value is -2.70. The van der Waals surface area contributed by atoms with E-state index in [1.165, 1.54) is 37.6 Å². The fourth-order valence-corrected chi connectivity index (χ4v) is 6.00. The van der Waals surface area contributed by atoms with Gasteiger partial charge < -0.3 is 10.6 Å². The first-order chi connectivity index (χ1) is 16.2. The van der Waals surface area contributed by atoms with Crippen LogP contribution < -0.4 is 10.6 Å². The maximum atomic E-state index is 4.50. The minimum atomic E-state index is 0.874. The summed E-state index contributed by atoms with van der Waals surface area (Å²) in [7, 11) is 0. The van der Waals surface area contributed by atoms with E-state index in [0.29, 0.717) is 0 Å². The average molecular weight is 473 g/mol. The molecule has 3 aromatic rings. The number of aliphatic imine (C=N–C) groups is 2. The summed E-state index contributed by atoms with van der Waals surface area (Å²) in [6.07, 6.45) is 0. The van der Waals surface area contributed by atoms with Gasteiger partial charge in [0.05, 0.1) is 13.1 Å². The highest BCUT2D eigenvalue weighted by molar-refractivity contribution is 7.99. The van der Waals surface area contributed by atoms with Gasteiger partial charge in [-0.3, -0.25) is 9.98 Å². The van der Waals surface area contributed by atoms with Gasteiger partial charge in [-0.15, -0.1) is 23.5 Å². The first-order valence-corrected chi connectivity index (χ1v) is 13.3. The van der Waals surface area contributed by atoms with Crippen LogP contribution in [0.4, 0.5) is 0 Å². The van der Waals surface area contributed by atoms with E-state index in [2.05, 4.69) is 94.3 Å². The zero-order valence-corrected chi connectivity index (χ0v) is 20.4. The van der Waals surface area contributed by atoms with E-state index in [1.807, 2.05) is 23.5 Å². The van der Waals surface area contributed by atoms with Crippen molar-refractivity contribution in [3.8, 4) is 0 Å². The van der Waals surface area contributed by atoms with Crippen LogP contribution in [-0.2, 0) is 11.5 Å². The van der Waals surface area contributed by atoms with E-state index in [9.17, 15) is 0 Å². The van der Waals surface area contributed by atoms with Crippen LogP contribution in [0, 0.1) is 6.92 Å². The summed E-state index contributed by atoms with van der Waals surface area (Å²) >= 11 is 3.80. The molecule has 6 heteroatoms. The zero-order chi connectivity index (χ0) is 22.5. The van der Waals surface area contributed by atoms with Gasteiger partial charge in [-0.25, -0.2) is 0 Å². The van der Waals surface area contributed by atoms with Crippen molar-refractivity contribution in [3.63, 3.8) is 0 Å². The summed E-state index contributed by atoms with van der Waals surface area (Å²) in [6, 6.07) is 24.4. The van der Waals surface area contributed by atoms with Gasteiger partial charge in [0.1, 0.15) is 11.7 Å². The first-order valence-electron chi connectivity index (χ1n) is 11.4. The Kier molecular flexibility index (Phi) is 7.03. The lowest BCUT2D eigenvalue weighted by atomic mass is 10.1. The van der Waals surface area contributed by atoms with E-state index >= 15 is 0 Å². The number of nitrogens with one attached hydrogen (secondary N) is 2. The standard InChI is InChI=1S/C27H28N4S2/c1-19-14-24(32-17-20-2-6-22(7-3-20)26-28-10-11-29-26)16-25(15-19)33-18-21-4-8-23(9-5-21)27-30-12-13-31-27/h2-9,14-16H,10-13,17-18H2,1H3,(H,28,29)(H,30,31). The minimum absolute atomic E-state index is 0.874. The number of amidine groups is 2. The molecule has 2 N–H and O–H groups in total. The van der Waals surface area contributed by atoms with Crippen molar-refractivity contribution >= 4 is 35.2 Å². The average Bonchev–Trinajstić information content (AvgIpc) is 3.57. The van der Waals surface area contributed by atoms with Gasteiger partial charge in [0.25, 0.3) is 0 Å². The second-order valence-electron chi connectivity index (χ2n) is 8.27. The predicted octanol–water partition coefficient (Wildman–Crippen LogP) is 5.28. The van der Waals surface area contributed by atoms with Crippen molar-refractivity contribution in [2.24, 2.45) is 9.98 Å². The summed E-state index contributed by atoms with van der Waals surface area (Å²) in [5.41, 5.74) is 6.33. The Morgan fingerprint density at radius 2 is 1.12 bits per heavy atom. The highest BCUT2D eigenvalue weighted by atomic mass is 32.2. The van der Waals surface area contributed by atoms with E-state index in [0.717, 1.165) is 49.4 Å². The fourth-order valence-electron chi connectivity index (χ4n) is 3.91. The Morgan fingerprint density at radius 1 is 0.667 bits per heavy atom. The van der Waals surface area contributed by atoms with Crippen molar-refractivity contribution in [1.29, 1.82) is 0 Å². The van der Waals surface area contributed by atoms with Crippen LogP contribution in [-0.4, -0.2) is 37.9 Å². The Bertz CT molecular complexity index is 1080. The van der Waals surface area contributed by atoms with Gasteiger partial charge in [0.2, 0.25) is 0 Å².